The molecule has 0 saturated carbocycles. The highest BCUT2D eigenvalue weighted by atomic mass is 19.1. The summed E-state index contributed by atoms with van der Waals surface area (Å²) in [5.41, 5.74) is 2.19. The van der Waals surface area contributed by atoms with Crippen LogP contribution in [0.5, 0.6) is 0 Å². The van der Waals surface area contributed by atoms with E-state index in [0.717, 1.165) is 38.5 Å². The molecule has 0 aliphatic heterocycles. The molecule has 0 amide bonds. The van der Waals surface area contributed by atoms with Gasteiger partial charge in [-0.3, -0.25) is 9.59 Å². The molecule has 0 N–H and O–H groups in total. The summed E-state index contributed by atoms with van der Waals surface area (Å²) in [6, 6.07) is 12.4. The Bertz CT molecular complexity index is 1700. The van der Waals surface area contributed by atoms with Crippen LogP contribution in [0.2, 0.25) is 0 Å². The molecular weight excluding hydrogens is 530 g/mol. The van der Waals surface area contributed by atoms with Crippen LogP contribution in [-0.4, -0.2) is 9.13 Å². The van der Waals surface area contributed by atoms with E-state index < -0.39 is 11.6 Å². The van der Waals surface area contributed by atoms with Crippen LogP contribution in [0.4, 0.5) is 8.78 Å². The molecule has 5 rings (SSSR count). The van der Waals surface area contributed by atoms with Gasteiger partial charge in [0.15, 0.2) is 10.9 Å². The van der Waals surface area contributed by atoms with E-state index in [0.29, 0.717) is 56.7 Å². The highest BCUT2D eigenvalue weighted by Gasteiger charge is 2.18. The summed E-state index contributed by atoms with van der Waals surface area (Å²) in [6.45, 7) is 5.71. The third kappa shape index (κ3) is 6.13. The lowest BCUT2D eigenvalue weighted by Gasteiger charge is -2.19. The van der Waals surface area contributed by atoms with Crippen LogP contribution in [-0.2, 0) is 13.1 Å². The highest BCUT2D eigenvalue weighted by Crippen LogP contribution is 2.28. The molecule has 5 aromatic rings. The third-order valence-electron chi connectivity index (χ3n) is 8.64. The fourth-order valence-electron chi connectivity index (χ4n) is 6.37. The topological polar surface area (TPSA) is 44.0 Å². The van der Waals surface area contributed by atoms with Gasteiger partial charge in [-0.2, -0.15) is 0 Å². The van der Waals surface area contributed by atoms with E-state index in [1.165, 1.54) is 62.8 Å². The molecular formula is C36H42F2N2O2. The van der Waals surface area contributed by atoms with E-state index in [1.807, 2.05) is 12.1 Å². The molecule has 2 aromatic heterocycles. The molecule has 3 aromatic carbocycles. The Kier molecular flexibility index (Phi) is 9.71. The number of nitrogens with zero attached hydrogens (tertiary/aromatic N) is 2. The van der Waals surface area contributed by atoms with Gasteiger partial charge in [0.05, 0.1) is 22.1 Å². The number of fused-ring (bicyclic) bond motifs is 4. The number of hydrogen-bond acceptors (Lipinski definition) is 2. The molecule has 0 atom stereocenters. The summed E-state index contributed by atoms with van der Waals surface area (Å²) in [5.74, 6) is -0.891. The van der Waals surface area contributed by atoms with Gasteiger partial charge in [-0.1, -0.05) is 78.1 Å². The van der Waals surface area contributed by atoms with Crippen molar-refractivity contribution < 1.29 is 8.78 Å². The summed E-state index contributed by atoms with van der Waals surface area (Å²) in [5, 5.41) is 1.65. The smallest absolute Gasteiger partial charge is 0.197 e. The van der Waals surface area contributed by atoms with Gasteiger partial charge in [0.1, 0.15) is 11.6 Å². The van der Waals surface area contributed by atoms with Gasteiger partial charge >= 0.3 is 0 Å². The van der Waals surface area contributed by atoms with E-state index >= 15 is 0 Å². The number of aromatic nitrogens is 2. The van der Waals surface area contributed by atoms with Crippen molar-refractivity contribution in [2.24, 2.45) is 0 Å². The highest BCUT2D eigenvalue weighted by molar-refractivity contribution is 6.03. The van der Waals surface area contributed by atoms with Gasteiger partial charge < -0.3 is 9.13 Å². The lowest BCUT2D eigenvalue weighted by atomic mass is 10.0. The summed E-state index contributed by atoms with van der Waals surface area (Å²) < 4.78 is 32.9. The lowest BCUT2D eigenvalue weighted by molar-refractivity contribution is 0.569. The SMILES string of the molecule is CCCCCCCCn1c2ccc(F)cc2c(=O)c2cc3c(cc21)c(=O)c1cc(F)ccc1n3CCCCCCCC. The Morgan fingerprint density at radius 2 is 0.833 bits per heavy atom. The maximum Gasteiger partial charge on any atom is 0.197 e. The summed E-state index contributed by atoms with van der Waals surface area (Å²) in [4.78, 5) is 27.7. The van der Waals surface area contributed by atoms with Gasteiger partial charge in [0.25, 0.3) is 0 Å². The number of hydrogen-bond donors (Lipinski definition) is 0. The van der Waals surface area contributed by atoms with Crippen LogP contribution in [0, 0.1) is 11.6 Å². The second-order valence-electron chi connectivity index (χ2n) is 11.7. The van der Waals surface area contributed by atoms with Crippen LogP contribution in [0.1, 0.15) is 90.9 Å². The van der Waals surface area contributed by atoms with Crippen LogP contribution in [0.25, 0.3) is 43.6 Å². The molecule has 0 spiro atoms. The number of benzene rings is 3. The number of pyridine rings is 2. The first kappa shape index (κ1) is 29.9. The average molecular weight is 573 g/mol. The van der Waals surface area contributed by atoms with Crippen molar-refractivity contribution in [3.63, 3.8) is 0 Å². The number of halogens is 2. The first-order valence-corrected chi connectivity index (χ1v) is 15.9. The Hall–Kier alpha value is -3.54. The molecule has 0 saturated heterocycles. The maximum atomic E-state index is 14.4. The van der Waals surface area contributed by atoms with Crippen molar-refractivity contribution in [3.8, 4) is 0 Å². The van der Waals surface area contributed by atoms with E-state index in [4.69, 9.17) is 0 Å². The Labute approximate surface area is 246 Å². The van der Waals surface area contributed by atoms with Gasteiger partial charge in [0, 0.05) is 34.6 Å². The second-order valence-corrected chi connectivity index (χ2v) is 11.7. The summed E-state index contributed by atoms with van der Waals surface area (Å²) in [6.07, 6.45) is 13.4. The quantitative estimate of drug-likeness (QED) is 0.0982. The second kappa shape index (κ2) is 13.6. The van der Waals surface area contributed by atoms with Crippen LogP contribution >= 0.6 is 0 Å². The molecule has 4 nitrogen and oxygen atoms in total. The van der Waals surface area contributed by atoms with Gasteiger partial charge in [-0.25, -0.2) is 8.78 Å². The minimum absolute atomic E-state index is 0.238. The normalized spacial score (nSPS) is 11.9. The molecule has 0 fully saturated rings. The van der Waals surface area contributed by atoms with Crippen molar-refractivity contribution in [2.45, 2.75) is 104 Å². The van der Waals surface area contributed by atoms with E-state index in [9.17, 15) is 18.4 Å². The fraction of sp³-hybridized carbons (Fsp3) is 0.444. The molecule has 222 valence electrons. The van der Waals surface area contributed by atoms with Crippen molar-refractivity contribution in [1.82, 2.24) is 9.13 Å². The van der Waals surface area contributed by atoms with Crippen LogP contribution in [0.15, 0.2) is 58.1 Å². The molecule has 0 aliphatic carbocycles. The molecule has 0 bridgehead atoms. The Balaban J connectivity index is 1.69. The Morgan fingerprint density at radius 3 is 1.24 bits per heavy atom. The van der Waals surface area contributed by atoms with Crippen molar-refractivity contribution in [2.75, 3.05) is 0 Å². The van der Waals surface area contributed by atoms with Crippen molar-refractivity contribution in [1.29, 1.82) is 0 Å². The summed E-state index contributed by atoms with van der Waals surface area (Å²) in [7, 11) is 0. The summed E-state index contributed by atoms with van der Waals surface area (Å²) >= 11 is 0. The molecule has 2 heterocycles. The number of unbranched alkanes of at least 4 members (excludes halogenated alkanes) is 10. The van der Waals surface area contributed by atoms with Crippen molar-refractivity contribution >= 4 is 43.6 Å². The third-order valence-corrected chi connectivity index (χ3v) is 8.64. The predicted molar refractivity (Wildman–Crippen MR) is 172 cm³/mol. The Morgan fingerprint density at radius 1 is 0.476 bits per heavy atom. The predicted octanol–water partition coefficient (Wildman–Crippen LogP) is 9.62. The first-order valence-electron chi connectivity index (χ1n) is 15.9. The number of rotatable bonds is 14. The van der Waals surface area contributed by atoms with Gasteiger partial charge in [0.2, 0.25) is 0 Å². The van der Waals surface area contributed by atoms with E-state index in [2.05, 4.69) is 23.0 Å². The molecule has 0 unspecified atom stereocenters. The zero-order valence-corrected chi connectivity index (χ0v) is 25.0. The standard InChI is InChI=1S/C36H42F2N2O2/c1-3-5-7-9-11-13-19-39-31-17-15-25(37)21-27(31)35(41)29-24-34-30(23-33(29)39)36(42)28-22-26(38)16-18-32(28)40(34)20-14-12-10-8-6-4-2/h15-18,21-24H,3-14,19-20H2,1-2H3. The molecule has 0 radical (unpaired) electrons. The van der Waals surface area contributed by atoms with Crippen LogP contribution < -0.4 is 10.9 Å². The largest absolute Gasteiger partial charge is 0.340 e. The van der Waals surface area contributed by atoms with Crippen molar-refractivity contribution in [3.05, 3.63) is 80.6 Å². The molecule has 42 heavy (non-hydrogen) atoms. The first-order chi connectivity index (χ1) is 20.4. The van der Waals surface area contributed by atoms with Gasteiger partial charge in [-0.05, 0) is 61.4 Å². The average Bonchev–Trinajstić information content (AvgIpc) is 2.99. The zero-order valence-electron chi connectivity index (χ0n) is 25.0. The fourth-order valence-corrected chi connectivity index (χ4v) is 6.37. The maximum absolute atomic E-state index is 14.4. The van der Waals surface area contributed by atoms with Gasteiger partial charge in [-0.15, -0.1) is 0 Å². The molecule has 6 heteroatoms. The van der Waals surface area contributed by atoms with Crippen LogP contribution in [0.3, 0.4) is 0 Å². The lowest BCUT2D eigenvalue weighted by Crippen LogP contribution is -2.16. The monoisotopic (exact) mass is 572 g/mol. The molecule has 0 aliphatic rings. The minimum atomic E-state index is -0.446. The van der Waals surface area contributed by atoms with E-state index in [-0.39, 0.29) is 10.9 Å². The number of aryl methyl sites for hydroxylation is 2. The zero-order chi connectivity index (χ0) is 29.6. The van der Waals surface area contributed by atoms with E-state index in [1.54, 1.807) is 12.1 Å². The minimum Gasteiger partial charge on any atom is -0.340 e.